The van der Waals surface area contributed by atoms with Gasteiger partial charge < -0.3 is 20.4 Å². The third kappa shape index (κ3) is 5.29. The molecule has 3 saturated heterocycles. The summed E-state index contributed by atoms with van der Waals surface area (Å²) in [7, 11) is 0. The first-order valence-corrected chi connectivity index (χ1v) is 14.8. The summed E-state index contributed by atoms with van der Waals surface area (Å²) in [5.41, 5.74) is 8.18. The molecular weight excluding hydrogens is 541 g/mol. The van der Waals surface area contributed by atoms with E-state index in [0.717, 1.165) is 5.70 Å². The van der Waals surface area contributed by atoms with Crippen LogP contribution in [0.25, 0.3) is 0 Å². The number of alkyl halides is 1. The van der Waals surface area contributed by atoms with Crippen LogP contribution in [0.5, 0.6) is 0 Å². The van der Waals surface area contributed by atoms with E-state index in [1.807, 2.05) is 46.9 Å². The molecule has 0 aromatic heterocycles. The van der Waals surface area contributed by atoms with E-state index < -0.39 is 24.7 Å². The number of urea groups is 1. The van der Waals surface area contributed by atoms with Gasteiger partial charge in [0.15, 0.2) is 0 Å². The number of amides is 3. The maximum atomic E-state index is 16.2. The van der Waals surface area contributed by atoms with Gasteiger partial charge in [-0.05, 0) is 52.0 Å². The quantitative estimate of drug-likeness (QED) is 0.293. The lowest BCUT2D eigenvalue weighted by Gasteiger charge is -2.57. The van der Waals surface area contributed by atoms with Gasteiger partial charge in [-0.3, -0.25) is 29.9 Å². The van der Waals surface area contributed by atoms with Gasteiger partial charge in [0, 0.05) is 49.4 Å². The lowest BCUT2D eigenvalue weighted by Crippen LogP contribution is -2.77. The highest BCUT2D eigenvalue weighted by Crippen LogP contribution is 2.40. The van der Waals surface area contributed by atoms with Crippen LogP contribution in [-0.2, 0) is 9.53 Å². The molecule has 5 heterocycles. The molecule has 0 aromatic carbocycles. The molecule has 5 aliphatic rings. The Labute approximate surface area is 247 Å². The summed E-state index contributed by atoms with van der Waals surface area (Å²) in [5, 5.41) is 8.41. The summed E-state index contributed by atoms with van der Waals surface area (Å²) < 4.78 is 22.4. The van der Waals surface area contributed by atoms with Crippen molar-refractivity contribution < 1.29 is 18.7 Å². The Morgan fingerprint density at radius 2 is 1.98 bits per heavy atom. The van der Waals surface area contributed by atoms with E-state index in [4.69, 9.17) is 4.74 Å². The van der Waals surface area contributed by atoms with Gasteiger partial charge >= 0.3 is 6.03 Å². The summed E-state index contributed by atoms with van der Waals surface area (Å²) in [6, 6.07) is -0.526. The summed E-state index contributed by atoms with van der Waals surface area (Å²) in [5.74, 6) is -0.0204. The van der Waals surface area contributed by atoms with Crippen molar-refractivity contribution in [3.8, 4) is 0 Å². The Morgan fingerprint density at radius 3 is 2.64 bits per heavy atom. The number of halogens is 1. The minimum atomic E-state index is -1.25. The molecule has 230 valence electrons. The SMILES string of the molecule is C=CC(=O)N1C[C@H](C)N(C2NC(=O)N3C(=C(N=C)C(C)C)/C(=C\C)OCCC4=CN(NN4)C4NC3C2CC4F)C[C@H]1C. The molecule has 0 aliphatic carbocycles. The first-order chi connectivity index (χ1) is 20.1. The summed E-state index contributed by atoms with van der Waals surface area (Å²) >= 11 is 0. The molecule has 0 spiro atoms. The van der Waals surface area contributed by atoms with E-state index in [1.165, 1.54) is 6.08 Å². The number of nitrogens with zero attached hydrogens (tertiary/aromatic N) is 5. The Balaban J connectivity index is 1.59. The Bertz CT molecular complexity index is 1200. The van der Waals surface area contributed by atoms with Crippen LogP contribution in [-0.4, -0.2) is 94.8 Å². The second-order valence-corrected chi connectivity index (χ2v) is 11.9. The number of piperazine rings is 1. The lowest BCUT2D eigenvalue weighted by atomic mass is 9.85. The van der Waals surface area contributed by atoms with Crippen molar-refractivity contribution in [1.29, 1.82) is 0 Å². The van der Waals surface area contributed by atoms with Gasteiger partial charge in [-0.2, -0.15) is 0 Å². The second-order valence-electron chi connectivity index (χ2n) is 11.9. The van der Waals surface area contributed by atoms with Crippen LogP contribution in [0.2, 0.25) is 0 Å². The predicted molar refractivity (Wildman–Crippen MR) is 157 cm³/mol. The molecule has 0 radical (unpaired) electrons. The predicted octanol–water partition coefficient (Wildman–Crippen LogP) is 2.10. The Morgan fingerprint density at radius 1 is 1.21 bits per heavy atom. The number of allylic oxidation sites excluding steroid dienone is 2. The maximum Gasteiger partial charge on any atom is 0.324 e. The number of piperidine rings is 1. The van der Waals surface area contributed by atoms with E-state index in [2.05, 4.69) is 44.8 Å². The molecule has 4 N–H and O–H groups in total. The third-order valence-electron chi connectivity index (χ3n) is 8.88. The largest absolute Gasteiger partial charge is 0.491 e. The van der Waals surface area contributed by atoms with Crippen LogP contribution in [0.15, 0.2) is 52.8 Å². The number of aliphatic imine (C=N–C) groups is 1. The van der Waals surface area contributed by atoms with Gasteiger partial charge in [0.2, 0.25) is 5.91 Å². The highest BCUT2D eigenvalue weighted by atomic mass is 19.1. The number of carbonyl (C=O) groups is 2. The van der Waals surface area contributed by atoms with Crippen LogP contribution < -0.4 is 21.6 Å². The highest BCUT2D eigenvalue weighted by Gasteiger charge is 2.54. The van der Waals surface area contributed by atoms with E-state index in [9.17, 15) is 9.59 Å². The van der Waals surface area contributed by atoms with E-state index in [0.29, 0.717) is 43.3 Å². The number of ether oxygens (including phenoxy) is 1. The molecule has 5 rings (SSSR count). The molecule has 7 atom stereocenters. The first kappa shape index (κ1) is 30.1. The molecule has 5 aliphatic heterocycles. The van der Waals surface area contributed by atoms with Gasteiger partial charge in [-0.15, -0.1) is 5.53 Å². The van der Waals surface area contributed by atoms with Crippen molar-refractivity contribution in [3.63, 3.8) is 0 Å². The summed E-state index contributed by atoms with van der Waals surface area (Å²) in [4.78, 5) is 36.8. The fourth-order valence-corrected chi connectivity index (χ4v) is 6.81. The zero-order valence-electron chi connectivity index (χ0n) is 25.1. The molecule has 3 fully saturated rings. The number of carbonyl (C=O) groups excluding carboxylic acids is 2. The molecule has 3 amide bonds. The maximum absolute atomic E-state index is 16.2. The molecule has 12 nitrogen and oxygen atoms in total. The molecule has 13 heteroatoms. The van der Waals surface area contributed by atoms with Crippen LogP contribution in [0.1, 0.15) is 47.5 Å². The van der Waals surface area contributed by atoms with Crippen LogP contribution in [0, 0.1) is 11.8 Å². The zero-order chi connectivity index (χ0) is 30.3. The molecule has 0 saturated carbocycles. The number of hydrogen-bond donors (Lipinski definition) is 4. The Hall–Kier alpha value is -3.42. The fraction of sp³-hybridized carbons (Fsp3) is 0.621. The van der Waals surface area contributed by atoms with E-state index in [-0.39, 0.29) is 42.3 Å². The van der Waals surface area contributed by atoms with Gasteiger partial charge in [0.25, 0.3) is 0 Å². The summed E-state index contributed by atoms with van der Waals surface area (Å²) in [6.45, 7) is 18.7. The monoisotopic (exact) mass is 585 g/mol. The molecule has 5 unspecified atom stereocenters. The van der Waals surface area contributed by atoms with Crippen molar-refractivity contribution in [2.24, 2.45) is 16.8 Å². The van der Waals surface area contributed by atoms with E-state index in [1.54, 1.807) is 14.8 Å². The van der Waals surface area contributed by atoms with Crippen molar-refractivity contribution >= 4 is 18.7 Å². The van der Waals surface area contributed by atoms with Crippen LogP contribution >= 0.6 is 0 Å². The smallest absolute Gasteiger partial charge is 0.324 e. The standard InChI is InChI=1S/C29H44FN9O3/c1-8-22-25(24(31-7)16(3)4)39-27-20(12-21(30)28(32-27)38-15-19(34-35-38)10-11-42-22)26(33-29(39)41)37-14-17(5)36(13-18(37)6)23(40)9-2/h8-9,15-18,20-21,26-28,32,34-35H,2,7,10-14H2,1,3-6H3,(H,33,41)/b22-8+,25-24?/t17-,18+,20?,21?,26?,27?,28?/m1/s1. The number of nitrogens with one attached hydrogen (secondary N) is 4. The molecule has 0 aromatic rings. The average Bonchev–Trinajstić information content (AvgIpc) is 3.43. The summed E-state index contributed by atoms with van der Waals surface area (Å²) in [6.07, 6.45) is 2.70. The third-order valence-corrected chi connectivity index (χ3v) is 8.88. The van der Waals surface area contributed by atoms with Gasteiger partial charge in [0.1, 0.15) is 23.8 Å². The van der Waals surface area contributed by atoms with Crippen molar-refractivity contribution in [2.75, 3.05) is 19.7 Å². The highest BCUT2D eigenvalue weighted by molar-refractivity contribution is 5.87. The lowest BCUT2D eigenvalue weighted by molar-refractivity contribution is -0.135. The van der Waals surface area contributed by atoms with E-state index >= 15 is 4.39 Å². The molecule has 42 heavy (non-hydrogen) atoms. The Kier molecular flexibility index (Phi) is 8.63. The first-order valence-electron chi connectivity index (χ1n) is 14.8. The second kappa shape index (κ2) is 12.1. The zero-order valence-corrected chi connectivity index (χ0v) is 25.1. The van der Waals surface area contributed by atoms with Crippen molar-refractivity contribution in [2.45, 2.75) is 84.2 Å². The van der Waals surface area contributed by atoms with Crippen LogP contribution in [0.3, 0.4) is 0 Å². The minimum Gasteiger partial charge on any atom is -0.491 e. The number of hydrogen-bond acceptors (Lipinski definition) is 9. The van der Waals surface area contributed by atoms with Gasteiger partial charge in [-0.25, -0.2) is 9.18 Å². The normalized spacial score (nSPS) is 35.8. The van der Waals surface area contributed by atoms with Crippen molar-refractivity contribution in [1.82, 2.24) is 41.3 Å². The van der Waals surface area contributed by atoms with Gasteiger partial charge in [-0.1, -0.05) is 20.4 Å². The van der Waals surface area contributed by atoms with Crippen LogP contribution in [0.4, 0.5) is 9.18 Å². The topological polar surface area (TPSA) is 117 Å². The molecular formula is C29H44FN9O3. The average molecular weight is 586 g/mol. The number of hydrazine groups is 2. The van der Waals surface area contributed by atoms with Gasteiger partial charge in [0.05, 0.1) is 24.6 Å². The van der Waals surface area contributed by atoms with Crippen molar-refractivity contribution in [3.05, 3.63) is 47.8 Å². The fourth-order valence-electron chi connectivity index (χ4n) is 6.81. The minimum absolute atomic E-state index is 0.0661. The number of fused-ring (bicyclic) bond motifs is 3. The number of rotatable bonds is 4. The molecule has 4 bridgehead atoms.